The molecule has 8 heteroatoms. The molecule has 0 bridgehead atoms. The highest BCUT2D eigenvalue weighted by Gasteiger charge is 2.29. The van der Waals surface area contributed by atoms with Crippen molar-refractivity contribution < 1.29 is 13.7 Å². The summed E-state index contributed by atoms with van der Waals surface area (Å²) in [5.74, 6) is 1.37. The van der Waals surface area contributed by atoms with Crippen molar-refractivity contribution in [3.8, 4) is 17.0 Å². The predicted octanol–water partition coefficient (Wildman–Crippen LogP) is 3.29. The average molecular weight is 417 g/mol. The molecule has 1 unspecified atom stereocenters. The van der Waals surface area contributed by atoms with E-state index in [9.17, 15) is 4.21 Å². The fourth-order valence-electron chi connectivity index (χ4n) is 3.99. The lowest BCUT2D eigenvalue weighted by molar-refractivity contribution is 0.217. The van der Waals surface area contributed by atoms with Crippen LogP contribution in [0.4, 0.5) is 5.95 Å². The summed E-state index contributed by atoms with van der Waals surface area (Å²) >= 11 is 0. The number of anilines is 1. The third-order valence-corrected chi connectivity index (χ3v) is 7.64. The number of hydrogen-bond acceptors (Lipinski definition) is 7. The van der Waals surface area contributed by atoms with Crippen LogP contribution in [0.25, 0.3) is 11.3 Å². The van der Waals surface area contributed by atoms with Crippen LogP contribution in [0.5, 0.6) is 5.75 Å². The van der Waals surface area contributed by atoms with Crippen LogP contribution in [0.2, 0.25) is 0 Å². The zero-order valence-electron chi connectivity index (χ0n) is 17.2. The maximum atomic E-state index is 13.1. The summed E-state index contributed by atoms with van der Waals surface area (Å²) in [6, 6.07) is 6.00. The molecular formula is C21H28N4O3S. The van der Waals surface area contributed by atoms with E-state index in [-0.39, 0.29) is 12.4 Å². The van der Waals surface area contributed by atoms with Crippen molar-refractivity contribution in [2.24, 2.45) is 0 Å². The third-order valence-electron chi connectivity index (χ3n) is 5.87. The van der Waals surface area contributed by atoms with Crippen LogP contribution in [0.15, 0.2) is 23.1 Å². The minimum Gasteiger partial charge on any atom is -0.495 e. The minimum atomic E-state index is -3.04. The van der Waals surface area contributed by atoms with Crippen LogP contribution in [0.1, 0.15) is 31.0 Å². The Hall–Kier alpha value is -2.19. The number of fused-ring (bicyclic) bond motifs is 1. The number of hydrogen-bond donors (Lipinski definition) is 1. The molecule has 1 saturated heterocycles. The van der Waals surface area contributed by atoms with Gasteiger partial charge in [0.25, 0.3) is 0 Å². The molecule has 2 atom stereocenters. The first kappa shape index (κ1) is 20.1. The van der Waals surface area contributed by atoms with Crippen molar-refractivity contribution in [1.29, 1.82) is 4.78 Å². The molecule has 1 fully saturated rings. The number of aryl methyl sites for hydroxylation is 1. The molecule has 7 nitrogen and oxygen atoms in total. The molecule has 0 radical (unpaired) electrons. The normalized spacial score (nSPS) is 20.1. The summed E-state index contributed by atoms with van der Waals surface area (Å²) in [4.78, 5) is 12.4. The van der Waals surface area contributed by atoms with Crippen molar-refractivity contribution in [3.05, 3.63) is 29.5 Å². The summed E-state index contributed by atoms with van der Waals surface area (Å²) < 4.78 is 32.0. The molecule has 2 aliphatic rings. The molecule has 2 heterocycles. The fraction of sp³-hybridized carbons (Fsp3) is 0.524. The molecule has 4 rings (SSSR count). The highest BCUT2D eigenvalue weighted by atomic mass is 32.2. The summed E-state index contributed by atoms with van der Waals surface area (Å²) in [6.45, 7) is 3.43. The standard InChI is InChI=1S/C21H28N4O3S/c1-14-9-10-25(14)21-23-17-6-4-5-16(17)20(24-21)15-7-8-18(28-3)19(13-15)29(22,26)12-11-27-2/h7-8,13-14,22H,4-6,9-12H2,1-3H3/t14-,29?/m0/s1. The number of ether oxygens (including phenoxy) is 2. The summed E-state index contributed by atoms with van der Waals surface area (Å²) in [5, 5.41) is 0. The molecule has 29 heavy (non-hydrogen) atoms. The van der Waals surface area contributed by atoms with E-state index in [1.165, 1.54) is 12.7 Å². The van der Waals surface area contributed by atoms with Crippen LogP contribution in [-0.2, 0) is 27.3 Å². The molecule has 2 aromatic rings. The Morgan fingerprint density at radius 2 is 2.10 bits per heavy atom. The number of nitrogens with one attached hydrogen (secondary N) is 1. The minimum absolute atomic E-state index is 0.127. The SMILES string of the molecule is COCCS(=N)(=O)c1cc(-c2nc(N3CC[C@@H]3C)nc3c2CCC3)ccc1OC. The Morgan fingerprint density at radius 3 is 2.76 bits per heavy atom. The van der Waals surface area contributed by atoms with Gasteiger partial charge in [-0.15, -0.1) is 0 Å². The fourth-order valence-corrected chi connectivity index (χ4v) is 5.41. The summed E-state index contributed by atoms with van der Waals surface area (Å²) in [5.41, 5.74) is 4.06. The van der Waals surface area contributed by atoms with Crippen LogP contribution in [0.3, 0.4) is 0 Å². The molecule has 0 amide bonds. The van der Waals surface area contributed by atoms with Crippen molar-refractivity contribution in [2.45, 2.75) is 43.5 Å². The van der Waals surface area contributed by atoms with E-state index < -0.39 is 9.73 Å². The van der Waals surface area contributed by atoms with Crippen molar-refractivity contribution in [1.82, 2.24) is 9.97 Å². The Labute approximate surface area is 172 Å². The highest BCUT2D eigenvalue weighted by molar-refractivity contribution is 7.92. The second-order valence-electron chi connectivity index (χ2n) is 7.72. The van der Waals surface area contributed by atoms with Gasteiger partial charge in [0.1, 0.15) is 5.75 Å². The van der Waals surface area contributed by atoms with Gasteiger partial charge in [0, 0.05) is 36.5 Å². The number of nitrogens with zero attached hydrogens (tertiary/aromatic N) is 3. The van der Waals surface area contributed by atoms with E-state index in [1.54, 1.807) is 13.2 Å². The second kappa shape index (κ2) is 7.91. The maximum Gasteiger partial charge on any atom is 0.226 e. The zero-order chi connectivity index (χ0) is 20.6. The number of aromatic nitrogens is 2. The predicted molar refractivity (Wildman–Crippen MR) is 113 cm³/mol. The Morgan fingerprint density at radius 1 is 1.28 bits per heavy atom. The number of benzene rings is 1. The molecule has 1 aromatic heterocycles. The van der Waals surface area contributed by atoms with Gasteiger partial charge in [0.2, 0.25) is 5.95 Å². The summed E-state index contributed by atoms with van der Waals surface area (Å²) in [6.07, 6.45) is 4.14. The zero-order valence-corrected chi connectivity index (χ0v) is 18.1. The largest absolute Gasteiger partial charge is 0.495 e. The van der Waals surface area contributed by atoms with E-state index in [4.69, 9.17) is 24.2 Å². The monoisotopic (exact) mass is 416 g/mol. The van der Waals surface area contributed by atoms with Gasteiger partial charge in [-0.3, -0.25) is 0 Å². The molecule has 0 spiro atoms. The van der Waals surface area contributed by atoms with Gasteiger partial charge in [-0.25, -0.2) is 19.0 Å². The van der Waals surface area contributed by atoms with Crippen molar-refractivity contribution in [2.75, 3.05) is 38.0 Å². The quantitative estimate of drug-likeness (QED) is 0.745. The molecule has 1 aliphatic carbocycles. The van der Waals surface area contributed by atoms with Gasteiger partial charge >= 0.3 is 0 Å². The number of rotatable bonds is 7. The molecule has 1 N–H and O–H groups in total. The van der Waals surface area contributed by atoms with E-state index in [2.05, 4.69) is 11.8 Å². The van der Waals surface area contributed by atoms with Gasteiger partial charge in [-0.2, -0.15) is 0 Å². The van der Waals surface area contributed by atoms with Gasteiger partial charge in [-0.1, -0.05) is 0 Å². The van der Waals surface area contributed by atoms with E-state index in [1.807, 2.05) is 12.1 Å². The maximum absolute atomic E-state index is 13.1. The van der Waals surface area contributed by atoms with Crippen LogP contribution in [-0.4, -0.2) is 53.3 Å². The number of methoxy groups -OCH3 is 2. The topological polar surface area (TPSA) is 88.4 Å². The van der Waals surface area contributed by atoms with Crippen LogP contribution >= 0.6 is 0 Å². The van der Waals surface area contributed by atoms with E-state index in [0.29, 0.717) is 16.7 Å². The Bertz CT molecular complexity index is 1020. The molecular weight excluding hydrogens is 388 g/mol. The Balaban J connectivity index is 1.82. The lowest BCUT2D eigenvalue weighted by atomic mass is 10.0. The van der Waals surface area contributed by atoms with Gasteiger partial charge in [-0.05, 0) is 50.8 Å². The van der Waals surface area contributed by atoms with Crippen LogP contribution < -0.4 is 9.64 Å². The molecule has 0 saturated carbocycles. The van der Waals surface area contributed by atoms with Crippen molar-refractivity contribution in [3.63, 3.8) is 0 Å². The van der Waals surface area contributed by atoms with E-state index >= 15 is 0 Å². The molecule has 156 valence electrons. The van der Waals surface area contributed by atoms with Gasteiger partial charge in [0.05, 0.1) is 39.8 Å². The van der Waals surface area contributed by atoms with Crippen molar-refractivity contribution >= 4 is 15.7 Å². The first-order valence-corrected chi connectivity index (χ1v) is 11.8. The first-order chi connectivity index (χ1) is 13.9. The summed E-state index contributed by atoms with van der Waals surface area (Å²) in [7, 11) is 0.0428. The van der Waals surface area contributed by atoms with Crippen LogP contribution in [0, 0.1) is 4.78 Å². The van der Waals surface area contributed by atoms with E-state index in [0.717, 1.165) is 55.1 Å². The average Bonchev–Trinajstić information content (AvgIpc) is 3.18. The molecule has 1 aliphatic heterocycles. The smallest absolute Gasteiger partial charge is 0.226 e. The lowest BCUT2D eigenvalue weighted by Crippen LogP contribution is -2.46. The highest BCUT2D eigenvalue weighted by Crippen LogP contribution is 2.36. The third kappa shape index (κ3) is 3.71. The Kier molecular flexibility index (Phi) is 5.48. The second-order valence-corrected chi connectivity index (χ2v) is 9.92. The van der Waals surface area contributed by atoms with Gasteiger partial charge < -0.3 is 14.4 Å². The molecule has 1 aromatic carbocycles. The van der Waals surface area contributed by atoms with Gasteiger partial charge in [0.15, 0.2) is 0 Å². The first-order valence-electron chi connectivity index (χ1n) is 10.0. The lowest BCUT2D eigenvalue weighted by Gasteiger charge is -2.39.